The van der Waals surface area contributed by atoms with Crippen LogP contribution in [0.5, 0.6) is 0 Å². The summed E-state index contributed by atoms with van der Waals surface area (Å²) in [6.45, 7) is 3.05. The lowest BCUT2D eigenvalue weighted by Gasteiger charge is -2.35. The van der Waals surface area contributed by atoms with Crippen molar-refractivity contribution >= 4 is 56.3 Å². The number of quaternary nitrogens is 1. The van der Waals surface area contributed by atoms with Gasteiger partial charge in [0.05, 0.1) is 32.0 Å². The molecular formula is C32H30ClN2S+. The van der Waals surface area contributed by atoms with E-state index in [-0.39, 0.29) is 0 Å². The van der Waals surface area contributed by atoms with Crippen LogP contribution in [0.25, 0.3) is 21.5 Å². The first-order valence-corrected chi connectivity index (χ1v) is 13.7. The maximum atomic E-state index is 6.42. The predicted molar refractivity (Wildman–Crippen MR) is 156 cm³/mol. The summed E-state index contributed by atoms with van der Waals surface area (Å²) in [5, 5.41) is 6.16. The summed E-state index contributed by atoms with van der Waals surface area (Å²) in [6, 6.07) is 35.0. The molecular weight excluding hydrogens is 480 g/mol. The Balaban J connectivity index is 1.24. The maximum absolute atomic E-state index is 6.42. The quantitative estimate of drug-likeness (QED) is 0.166. The number of rotatable bonds is 6. The van der Waals surface area contributed by atoms with Crippen molar-refractivity contribution in [2.45, 2.75) is 22.8 Å². The third kappa shape index (κ3) is 4.48. The number of benzene rings is 5. The molecule has 5 aromatic carbocycles. The first-order valence-electron chi connectivity index (χ1n) is 12.5. The zero-order chi connectivity index (χ0) is 24.7. The normalized spacial score (nSPS) is 13.1. The van der Waals surface area contributed by atoms with Crippen LogP contribution in [-0.2, 0) is 6.54 Å². The highest BCUT2D eigenvalue weighted by molar-refractivity contribution is 7.99. The fourth-order valence-electron chi connectivity index (χ4n) is 5.50. The number of hydrogen-bond acceptors (Lipinski definition) is 2. The van der Waals surface area contributed by atoms with Crippen LogP contribution in [0, 0.1) is 0 Å². The van der Waals surface area contributed by atoms with Crippen molar-refractivity contribution in [3.8, 4) is 0 Å². The van der Waals surface area contributed by atoms with E-state index >= 15 is 0 Å². The molecule has 180 valence electrons. The van der Waals surface area contributed by atoms with E-state index in [1.54, 1.807) is 0 Å². The molecule has 5 aromatic rings. The van der Waals surface area contributed by atoms with Crippen molar-refractivity contribution in [2.24, 2.45) is 0 Å². The highest BCUT2D eigenvalue weighted by Gasteiger charge is 2.25. The van der Waals surface area contributed by atoms with Gasteiger partial charge < -0.3 is 9.38 Å². The first kappa shape index (κ1) is 23.4. The standard InChI is InChI=1S/C32H30ClN2S/c1-35(2,22-24-20-23-10-3-4-11-26(23)28-13-6-5-12-27(24)28)19-9-18-34-29-14-7-8-15-31(29)36-32-17-16-25(33)21-30(32)34/h3-8,10-17,20-21H,9,18-19,22H2,1-2H3/q+1. The van der Waals surface area contributed by atoms with E-state index in [1.165, 1.54) is 48.3 Å². The largest absolute Gasteiger partial charge is 0.339 e. The smallest absolute Gasteiger partial charge is 0.105 e. The lowest BCUT2D eigenvalue weighted by molar-refractivity contribution is -0.903. The third-order valence-electron chi connectivity index (χ3n) is 7.18. The molecule has 0 saturated carbocycles. The van der Waals surface area contributed by atoms with Crippen LogP contribution in [0.3, 0.4) is 0 Å². The van der Waals surface area contributed by atoms with Gasteiger partial charge in [0.15, 0.2) is 0 Å². The molecule has 6 rings (SSSR count). The van der Waals surface area contributed by atoms with Gasteiger partial charge in [-0.25, -0.2) is 0 Å². The van der Waals surface area contributed by atoms with Gasteiger partial charge in [0.2, 0.25) is 0 Å². The monoisotopic (exact) mass is 509 g/mol. The molecule has 0 N–H and O–H groups in total. The Morgan fingerprint density at radius 1 is 0.722 bits per heavy atom. The Morgan fingerprint density at radius 2 is 1.42 bits per heavy atom. The molecule has 0 radical (unpaired) electrons. The Kier molecular flexibility index (Phi) is 6.17. The molecule has 1 aliphatic rings. The molecule has 0 spiro atoms. The molecule has 0 saturated heterocycles. The minimum atomic E-state index is 0.790. The average molecular weight is 510 g/mol. The van der Waals surface area contributed by atoms with E-state index in [1.807, 2.05) is 17.8 Å². The molecule has 1 heterocycles. The molecule has 0 amide bonds. The Hall–Kier alpha value is -2.98. The van der Waals surface area contributed by atoms with Crippen LogP contribution in [-0.4, -0.2) is 31.7 Å². The number of nitrogens with zero attached hydrogens (tertiary/aromatic N) is 2. The van der Waals surface area contributed by atoms with Crippen molar-refractivity contribution in [1.29, 1.82) is 0 Å². The van der Waals surface area contributed by atoms with E-state index < -0.39 is 0 Å². The molecule has 36 heavy (non-hydrogen) atoms. The van der Waals surface area contributed by atoms with Crippen LogP contribution < -0.4 is 4.90 Å². The number of anilines is 2. The molecule has 1 aliphatic heterocycles. The Labute approximate surface area is 222 Å². The SMILES string of the molecule is C[N+](C)(CCCN1c2ccccc2Sc2ccc(Cl)cc21)Cc1cc2ccccc2c2ccccc12. The lowest BCUT2D eigenvalue weighted by atomic mass is 9.96. The van der Waals surface area contributed by atoms with Gasteiger partial charge in [-0.15, -0.1) is 0 Å². The van der Waals surface area contributed by atoms with Gasteiger partial charge in [-0.1, -0.05) is 84.0 Å². The molecule has 0 aliphatic carbocycles. The molecule has 4 heteroatoms. The minimum Gasteiger partial charge on any atom is -0.339 e. The van der Waals surface area contributed by atoms with E-state index in [9.17, 15) is 0 Å². The number of hydrogen-bond donors (Lipinski definition) is 0. The zero-order valence-electron chi connectivity index (χ0n) is 20.7. The summed E-state index contributed by atoms with van der Waals surface area (Å²) in [5.41, 5.74) is 3.92. The van der Waals surface area contributed by atoms with Gasteiger partial charge >= 0.3 is 0 Å². The van der Waals surface area contributed by atoms with Crippen LogP contribution >= 0.6 is 23.4 Å². The number of halogens is 1. The summed E-state index contributed by atoms with van der Waals surface area (Å²) in [4.78, 5) is 5.04. The molecule has 0 aromatic heterocycles. The average Bonchev–Trinajstić information content (AvgIpc) is 2.88. The predicted octanol–water partition coefficient (Wildman–Crippen LogP) is 8.92. The fraction of sp³-hybridized carbons (Fsp3) is 0.188. The van der Waals surface area contributed by atoms with Crippen molar-refractivity contribution in [1.82, 2.24) is 0 Å². The van der Waals surface area contributed by atoms with Crippen LogP contribution in [0.1, 0.15) is 12.0 Å². The van der Waals surface area contributed by atoms with Gasteiger partial charge in [0.1, 0.15) is 6.54 Å². The summed E-state index contributed by atoms with van der Waals surface area (Å²) in [7, 11) is 4.71. The van der Waals surface area contributed by atoms with Gasteiger partial charge in [0.25, 0.3) is 0 Å². The minimum absolute atomic E-state index is 0.790. The molecule has 0 bridgehead atoms. The molecule has 0 fully saturated rings. The van der Waals surface area contributed by atoms with Crippen molar-refractivity contribution in [3.63, 3.8) is 0 Å². The second kappa shape index (κ2) is 9.48. The Morgan fingerprint density at radius 3 is 2.28 bits per heavy atom. The number of fused-ring (bicyclic) bond motifs is 5. The van der Waals surface area contributed by atoms with E-state index in [0.717, 1.165) is 35.6 Å². The van der Waals surface area contributed by atoms with Gasteiger partial charge in [-0.2, -0.15) is 0 Å². The summed E-state index contributed by atoms with van der Waals surface area (Å²) in [5.74, 6) is 0. The fourth-order valence-corrected chi connectivity index (χ4v) is 6.75. The second-order valence-electron chi connectivity index (χ2n) is 10.3. The summed E-state index contributed by atoms with van der Waals surface area (Å²) >= 11 is 8.25. The van der Waals surface area contributed by atoms with Crippen LogP contribution in [0.2, 0.25) is 5.02 Å². The Bertz CT molecular complexity index is 1580. The number of para-hydroxylation sites is 1. The van der Waals surface area contributed by atoms with Gasteiger partial charge in [-0.3, -0.25) is 0 Å². The highest BCUT2D eigenvalue weighted by Crippen LogP contribution is 2.48. The maximum Gasteiger partial charge on any atom is 0.105 e. The van der Waals surface area contributed by atoms with E-state index in [2.05, 4.69) is 110 Å². The molecule has 0 atom stereocenters. The topological polar surface area (TPSA) is 3.24 Å². The summed E-state index contributed by atoms with van der Waals surface area (Å²) < 4.78 is 0.939. The van der Waals surface area contributed by atoms with E-state index in [0.29, 0.717) is 0 Å². The van der Waals surface area contributed by atoms with Crippen molar-refractivity contribution in [2.75, 3.05) is 32.1 Å². The molecule has 0 unspecified atom stereocenters. The van der Waals surface area contributed by atoms with Crippen LogP contribution in [0.15, 0.2) is 107 Å². The van der Waals surface area contributed by atoms with Crippen molar-refractivity contribution in [3.05, 3.63) is 108 Å². The second-order valence-corrected chi connectivity index (χ2v) is 11.8. The summed E-state index contributed by atoms with van der Waals surface area (Å²) in [6.07, 6.45) is 1.09. The van der Waals surface area contributed by atoms with Crippen LogP contribution in [0.4, 0.5) is 11.4 Å². The lowest BCUT2D eigenvalue weighted by Crippen LogP contribution is -2.41. The van der Waals surface area contributed by atoms with Gasteiger partial charge in [0, 0.05) is 33.3 Å². The third-order valence-corrected chi connectivity index (χ3v) is 8.55. The van der Waals surface area contributed by atoms with Gasteiger partial charge in [-0.05, 0) is 57.9 Å². The van der Waals surface area contributed by atoms with Crippen molar-refractivity contribution < 1.29 is 4.48 Å². The zero-order valence-corrected chi connectivity index (χ0v) is 22.3. The van der Waals surface area contributed by atoms with E-state index in [4.69, 9.17) is 11.6 Å². The molecule has 2 nitrogen and oxygen atoms in total. The highest BCUT2D eigenvalue weighted by atomic mass is 35.5. The first-order chi connectivity index (χ1) is 17.5.